The van der Waals surface area contributed by atoms with Crippen LogP contribution in [0.4, 0.5) is 0 Å². The summed E-state index contributed by atoms with van der Waals surface area (Å²) < 4.78 is 1.73. The number of nitrogens with two attached hydrogens (primary N) is 1. The molecule has 0 spiro atoms. The standard InChI is InChI=1S/C10H11N5/c1-7-4-5-15(14-7)8-2-3-9(10(11)12)13-6-8/h2-6H,1H3,(H3,11,12). The highest BCUT2D eigenvalue weighted by molar-refractivity contribution is 5.92. The highest BCUT2D eigenvalue weighted by atomic mass is 15.3. The Labute approximate surface area is 87.1 Å². The van der Waals surface area contributed by atoms with Crippen molar-refractivity contribution in [3.63, 3.8) is 0 Å². The van der Waals surface area contributed by atoms with Gasteiger partial charge >= 0.3 is 0 Å². The minimum Gasteiger partial charge on any atom is -0.382 e. The van der Waals surface area contributed by atoms with E-state index >= 15 is 0 Å². The molecule has 2 aromatic heterocycles. The van der Waals surface area contributed by atoms with E-state index in [0.29, 0.717) is 5.69 Å². The molecule has 0 aliphatic rings. The Morgan fingerprint density at radius 1 is 1.40 bits per heavy atom. The number of aryl methyl sites for hydroxylation is 1. The maximum atomic E-state index is 7.21. The van der Waals surface area contributed by atoms with Crippen LogP contribution < -0.4 is 5.73 Å². The smallest absolute Gasteiger partial charge is 0.141 e. The lowest BCUT2D eigenvalue weighted by Gasteiger charge is -2.01. The number of pyridine rings is 1. The summed E-state index contributed by atoms with van der Waals surface area (Å²) in [5.74, 6) is -0.0294. The molecule has 5 nitrogen and oxygen atoms in total. The summed E-state index contributed by atoms with van der Waals surface area (Å²) in [4.78, 5) is 4.05. The van der Waals surface area contributed by atoms with Crippen LogP contribution in [-0.4, -0.2) is 20.6 Å². The quantitative estimate of drug-likeness (QED) is 0.558. The molecule has 0 radical (unpaired) electrons. The Bertz CT molecular complexity index is 483. The summed E-state index contributed by atoms with van der Waals surface area (Å²) in [5.41, 5.74) is 7.58. The third kappa shape index (κ3) is 1.85. The zero-order valence-corrected chi connectivity index (χ0v) is 8.31. The van der Waals surface area contributed by atoms with E-state index in [9.17, 15) is 0 Å². The van der Waals surface area contributed by atoms with Crippen LogP contribution in [0.5, 0.6) is 0 Å². The topological polar surface area (TPSA) is 80.6 Å². The van der Waals surface area contributed by atoms with Crippen molar-refractivity contribution in [2.24, 2.45) is 5.73 Å². The second-order valence-corrected chi connectivity index (χ2v) is 3.22. The normalized spacial score (nSPS) is 10.2. The van der Waals surface area contributed by atoms with E-state index in [1.165, 1.54) is 0 Å². The van der Waals surface area contributed by atoms with Gasteiger partial charge in [-0.05, 0) is 25.1 Å². The first kappa shape index (κ1) is 9.39. The van der Waals surface area contributed by atoms with Gasteiger partial charge in [-0.3, -0.25) is 10.4 Å². The van der Waals surface area contributed by atoms with Crippen molar-refractivity contribution in [1.82, 2.24) is 14.8 Å². The van der Waals surface area contributed by atoms with Gasteiger partial charge in [0.15, 0.2) is 0 Å². The molecule has 0 atom stereocenters. The largest absolute Gasteiger partial charge is 0.382 e. The third-order valence-electron chi connectivity index (χ3n) is 2.01. The maximum absolute atomic E-state index is 7.21. The van der Waals surface area contributed by atoms with Gasteiger partial charge in [0.05, 0.1) is 17.6 Å². The average Bonchev–Trinajstić information content (AvgIpc) is 2.65. The van der Waals surface area contributed by atoms with Gasteiger partial charge in [-0.2, -0.15) is 5.10 Å². The van der Waals surface area contributed by atoms with Crippen LogP contribution in [0, 0.1) is 12.3 Å². The number of nitrogens with zero attached hydrogens (tertiary/aromatic N) is 3. The fourth-order valence-electron chi connectivity index (χ4n) is 1.24. The molecule has 76 valence electrons. The molecule has 0 unspecified atom stereocenters. The van der Waals surface area contributed by atoms with Gasteiger partial charge in [0, 0.05) is 6.20 Å². The van der Waals surface area contributed by atoms with Crippen molar-refractivity contribution in [2.75, 3.05) is 0 Å². The fourth-order valence-corrected chi connectivity index (χ4v) is 1.24. The van der Waals surface area contributed by atoms with Gasteiger partial charge in [-0.15, -0.1) is 0 Å². The number of aromatic nitrogens is 3. The first-order chi connectivity index (χ1) is 7.16. The number of nitrogens with one attached hydrogen (secondary N) is 1. The van der Waals surface area contributed by atoms with E-state index < -0.39 is 0 Å². The average molecular weight is 201 g/mol. The first-order valence-electron chi connectivity index (χ1n) is 4.50. The van der Waals surface area contributed by atoms with Crippen LogP contribution in [0.1, 0.15) is 11.4 Å². The van der Waals surface area contributed by atoms with Crippen LogP contribution in [0.2, 0.25) is 0 Å². The van der Waals surface area contributed by atoms with E-state index in [1.54, 1.807) is 16.9 Å². The van der Waals surface area contributed by atoms with Gasteiger partial charge in [0.1, 0.15) is 11.5 Å². The number of hydrogen-bond donors (Lipinski definition) is 2. The lowest BCUT2D eigenvalue weighted by molar-refractivity contribution is 0.856. The highest BCUT2D eigenvalue weighted by Crippen LogP contribution is 2.06. The van der Waals surface area contributed by atoms with Crippen molar-refractivity contribution in [1.29, 1.82) is 5.41 Å². The monoisotopic (exact) mass is 201 g/mol. The van der Waals surface area contributed by atoms with Gasteiger partial charge in [0.2, 0.25) is 0 Å². The van der Waals surface area contributed by atoms with Gasteiger partial charge in [-0.25, -0.2) is 4.68 Å². The van der Waals surface area contributed by atoms with Crippen molar-refractivity contribution >= 4 is 5.84 Å². The number of hydrogen-bond acceptors (Lipinski definition) is 3. The van der Waals surface area contributed by atoms with Crippen molar-refractivity contribution < 1.29 is 0 Å². The van der Waals surface area contributed by atoms with Gasteiger partial charge in [0.25, 0.3) is 0 Å². The molecule has 0 saturated carbocycles. The number of rotatable bonds is 2. The molecular formula is C10H11N5. The van der Waals surface area contributed by atoms with E-state index in [4.69, 9.17) is 11.1 Å². The molecular weight excluding hydrogens is 190 g/mol. The molecule has 15 heavy (non-hydrogen) atoms. The molecule has 0 amide bonds. The minimum absolute atomic E-state index is 0.0294. The Kier molecular flexibility index (Phi) is 2.21. The highest BCUT2D eigenvalue weighted by Gasteiger charge is 2.00. The molecule has 2 aromatic rings. The first-order valence-corrected chi connectivity index (χ1v) is 4.50. The minimum atomic E-state index is -0.0294. The van der Waals surface area contributed by atoms with E-state index in [0.717, 1.165) is 11.4 Å². The van der Waals surface area contributed by atoms with Crippen LogP contribution in [0.25, 0.3) is 5.69 Å². The molecule has 2 rings (SSSR count). The number of nitrogen functional groups attached to an aromatic ring is 1. The summed E-state index contributed by atoms with van der Waals surface area (Å²) in [6.07, 6.45) is 3.50. The molecule has 0 aliphatic heterocycles. The molecule has 0 saturated heterocycles. The third-order valence-corrected chi connectivity index (χ3v) is 2.01. The molecule has 3 N–H and O–H groups in total. The summed E-state index contributed by atoms with van der Waals surface area (Å²) in [6, 6.07) is 5.45. The second-order valence-electron chi connectivity index (χ2n) is 3.22. The maximum Gasteiger partial charge on any atom is 0.141 e. The van der Waals surface area contributed by atoms with Gasteiger partial charge in [-0.1, -0.05) is 0 Å². The zero-order valence-electron chi connectivity index (χ0n) is 8.31. The molecule has 0 bridgehead atoms. The Morgan fingerprint density at radius 3 is 2.67 bits per heavy atom. The van der Waals surface area contributed by atoms with E-state index in [1.807, 2.05) is 25.3 Å². The van der Waals surface area contributed by atoms with Crippen molar-refractivity contribution in [3.05, 3.63) is 42.0 Å². The molecule has 5 heteroatoms. The summed E-state index contributed by atoms with van der Waals surface area (Å²) in [6.45, 7) is 1.92. The lowest BCUT2D eigenvalue weighted by atomic mass is 10.3. The summed E-state index contributed by atoms with van der Waals surface area (Å²) in [7, 11) is 0. The predicted octanol–water partition coefficient (Wildman–Crippen LogP) is 0.860. The van der Waals surface area contributed by atoms with Crippen LogP contribution >= 0.6 is 0 Å². The SMILES string of the molecule is Cc1ccn(-c2ccc(C(=N)N)nc2)n1. The van der Waals surface area contributed by atoms with Gasteiger partial charge < -0.3 is 5.73 Å². The number of amidine groups is 1. The molecule has 0 aromatic carbocycles. The second kappa shape index (κ2) is 3.53. The van der Waals surface area contributed by atoms with Crippen molar-refractivity contribution in [3.8, 4) is 5.69 Å². The van der Waals surface area contributed by atoms with E-state index in [2.05, 4.69) is 10.1 Å². The van der Waals surface area contributed by atoms with Crippen LogP contribution in [-0.2, 0) is 0 Å². The van der Waals surface area contributed by atoms with E-state index in [-0.39, 0.29) is 5.84 Å². The molecule has 2 heterocycles. The van der Waals surface area contributed by atoms with Crippen LogP contribution in [0.15, 0.2) is 30.6 Å². The Balaban J connectivity index is 2.35. The van der Waals surface area contributed by atoms with Crippen molar-refractivity contribution in [2.45, 2.75) is 6.92 Å². The summed E-state index contributed by atoms with van der Waals surface area (Å²) in [5, 5.41) is 11.5. The van der Waals surface area contributed by atoms with Crippen LogP contribution in [0.3, 0.4) is 0 Å². The Morgan fingerprint density at radius 2 is 2.20 bits per heavy atom. The Hall–Kier alpha value is -2.17. The molecule has 0 aliphatic carbocycles. The zero-order chi connectivity index (χ0) is 10.8. The predicted molar refractivity (Wildman–Crippen MR) is 57.1 cm³/mol. The lowest BCUT2D eigenvalue weighted by Crippen LogP contribution is -2.13. The summed E-state index contributed by atoms with van der Waals surface area (Å²) >= 11 is 0. The fraction of sp³-hybridized carbons (Fsp3) is 0.100. The molecule has 0 fully saturated rings.